The quantitative estimate of drug-likeness (QED) is 0.345. The minimum absolute atomic E-state index is 0.108. The van der Waals surface area contributed by atoms with E-state index in [2.05, 4.69) is 10.6 Å². The zero-order valence-electron chi connectivity index (χ0n) is 18.0. The highest BCUT2D eigenvalue weighted by Crippen LogP contribution is 2.58. The molecule has 2 aliphatic heterocycles. The van der Waals surface area contributed by atoms with Crippen LogP contribution in [0.5, 0.6) is 0 Å². The molecule has 0 aromatic heterocycles. The Morgan fingerprint density at radius 1 is 0.824 bits per heavy atom. The van der Waals surface area contributed by atoms with Crippen molar-refractivity contribution in [3.8, 4) is 0 Å². The molecule has 0 unspecified atom stereocenters. The summed E-state index contributed by atoms with van der Waals surface area (Å²) < 4.78 is 0. The molecule has 2 aliphatic rings. The number of amides is 2. The van der Waals surface area contributed by atoms with E-state index in [4.69, 9.17) is 23.2 Å². The van der Waals surface area contributed by atoms with Crippen molar-refractivity contribution in [3.63, 3.8) is 0 Å². The van der Waals surface area contributed by atoms with Crippen LogP contribution >= 0.6 is 23.2 Å². The molecular weight excluding hydrogens is 467 g/mol. The minimum Gasteiger partial charge on any atom is -0.348 e. The van der Waals surface area contributed by atoms with Gasteiger partial charge < -0.3 is 10.6 Å². The first-order chi connectivity index (χ1) is 16.5. The largest absolute Gasteiger partial charge is 0.348 e. The average molecular weight is 487 g/mol. The number of rotatable bonds is 2. The van der Waals surface area contributed by atoms with E-state index < -0.39 is 17.4 Å². The number of carbonyl (C=O) groups is 2. The minimum atomic E-state index is -1.08. The van der Waals surface area contributed by atoms with Gasteiger partial charge in [-0.3, -0.25) is 9.59 Å². The standard InChI is InChI=1S/C28H20Cl2N2O2/c29-18-8-3-7-17(13-18)23-15-25(33)32-26(21-10-4-6-16-5-1-2-9-20(16)21)28(23)22-12-11-19(30)14-24(22)31-27(28)34/h1-14,23,26H,15H2,(H,31,34)(H,32,33)/t23-,26+,28-/m0/s1. The summed E-state index contributed by atoms with van der Waals surface area (Å²) in [4.78, 5) is 27.2. The van der Waals surface area contributed by atoms with Gasteiger partial charge in [0.25, 0.3) is 0 Å². The van der Waals surface area contributed by atoms with Crippen LogP contribution in [-0.2, 0) is 15.0 Å². The molecular formula is C28H20Cl2N2O2. The van der Waals surface area contributed by atoms with Gasteiger partial charge in [-0.05, 0) is 51.7 Å². The van der Waals surface area contributed by atoms with Crippen LogP contribution in [-0.4, -0.2) is 11.8 Å². The molecule has 0 aliphatic carbocycles. The molecule has 6 heteroatoms. The van der Waals surface area contributed by atoms with Gasteiger partial charge in [-0.15, -0.1) is 0 Å². The number of carbonyl (C=O) groups excluding carboxylic acids is 2. The summed E-state index contributed by atoms with van der Waals surface area (Å²) in [5.41, 5.74) is 2.17. The van der Waals surface area contributed by atoms with E-state index >= 15 is 0 Å². The summed E-state index contributed by atoms with van der Waals surface area (Å²) in [6.07, 6.45) is 0.164. The smallest absolute Gasteiger partial charge is 0.238 e. The highest BCUT2D eigenvalue weighted by Gasteiger charge is 2.61. The first-order valence-corrected chi connectivity index (χ1v) is 11.9. The molecule has 1 fully saturated rings. The van der Waals surface area contributed by atoms with Crippen LogP contribution in [0.25, 0.3) is 10.8 Å². The maximum atomic E-state index is 14.1. The van der Waals surface area contributed by atoms with Gasteiger partial charge in [-0.2, -0.15) is 0 Å². The second-order valence-electron chi connectivity index (χ2n) is 8.89. The van der Waals surface area contributed by atoms with Gasteiger partial charge in [0.15, 0.2) is 0 Å². The van der Waals surface area contributed by atoms with E-state index in [1.165, 1.54) is 0 Å². The van der Waals surface area contributed by atoms with Gasteiger partial charge in [0.05, 0.1) is 6.04 Å². The topological polar surface area (TPSA) is 58.2 Å². The van der Waals surface area contributed by atoms with Gasteiger partial charge >= 0.3 is 0 Å². The van der Waals surface area contributed by atoms with Crippen molar-refractivity contribution in [1.82, 2.24) is 5.32 Å². The SMILES string of the molecule is O=C1C[C@@H](c2cccc(Cl)c2)[C@]2(C(=O)Nc3cc(Cl)ccc32)[C@@H](c2cccc3ccccc23)N1. The predicted molar refractivity (Wildman–Crippen MR) is 135 cm³/mol. The number of benzene rings is 4. The van der Waals surface area contributed by atoms with Crippen LogP contribution < -0.4 is 10.6 Å². The molecule has 2 amide bonds. The number of piperidine rings is 1. The molecule has 4 aromatic carbocycles. The fourth-order valence-corrected chi connectivity index (χ4v) is 6.14. The predicted octanol–water partition coefficient (Wildman–Crippen LogP) is 6.38. The van der Waals surface area contributed by atoms with Gasteiger partial charge in [0, 0.05) is 28.1 Å². The van der Waals surface area contributed by atoms with E-state index in [0.717, 1.165) is 27.5 Å². The highest BCUT2D eigenvalue weighted by atomic mass is 35.5. The fraction of sp³-hybridized carbons (Fsp3) is 0.143. The summed E-state index contributed by atoms with van der Waals surface area (Å²) in [6, 6.07) is 26.4. The molecule has 3 atom stereocenters. The number of hydrogen-bond donors (Lipinski definition) is 2. The van der Waals surface area contributed by atoms with Gasteiger partial charge in [0.2, 0.25) is 11.8 Å². The second kappa shape index (κ2) is 7.86. The first-order valence-electron chi connectivity index (χ1n) is 11.1. The third-order valence-electron chi connectivity index (χ3n) is 7.14. The van der Waals surface area contributed by atoms with Gasteiger partial charge in [-0.1, -0.05) is 83.9 Å². The summed E-state index contributed by atoms with van der Waals surface area (Å²) in [5, 5.41) is 9.41. The molecule has 0 saturated carbocycles. The van der Waals surface area contributed by atoms with E-state index in [9.17, 15) is 9.59 Å². The maximum absolute atomic E-state index is 14.1. The van der Waals surface area contributed by atoms with Crippen LogP contribution in [0.4, 0.5) is 5.69 Å². The van der Waals surface area contributed by atoms with Crippen LogP contribution in [0.1, 0.15) is 35.1 Å². The zero-order valence-corrected chi connectivity index (χ0v) is 19.5. The Kier molecular flexibility index (Phi) is 4.91. The van der Waals surface area contributed by atoms with Crippen molar-refractivity contribution in [2.45, 2.75) is 23.8 Å². The van der Waals surface area contributed by atoms with Crippen LogP contribution in [0.3, 0.4) is 0 Å². The molecule has 6 rings (SSSR count). The van der Waals surface area contributed by atoms with E-state index in [1.807, 2.05) is 66.7 Å². The maximum Gasteiger partial charge on any atom is 0.238 e. The van der Waals surface area contributed by atoms with Crippen molar-refractivity contribution in [2.75, 3.05) is 5.32 Å². The molecule has 0 radical (unpaired) electrons. The Bertz CT molecular complexity index is 1480. The Hall–Kier alpha value is -3.34. The molecule has 168 valence electrons. The summed E-state index contributed by atoms with van der Waals surface area (Å²) in [6.45, 7) is 0. The van der Waals surface area contributed by atoms with E-state index in [1.54, 1.807) is 18.2 Å². The number of hydrogen-bond acceptors (Lipinski definition) is 2. The molecule has 2 heterocycles. The highest BCUT2D eigenvalue weighted by molar-refractivity contribution is 6.31. The van der Waals surface area contributed by atoms with Crippen molar-refractivity contribution in [2.24, 2.45) is 0 Å². The van der Waals surface area contributed by atoms with Crippen molar-refractivity contribution < 1.29 is 9.59 Å². The number of anilines is 1. The number of nitrogens with one attached hydrogen (secondary N) is 2. The Balaban J connectivity index is 1.68. The molecule has 34 heavy (non-hydrogen) atoms. The second-order valence-corrected chi connectivity index (χ2v) is 9.77. The van der Waals surface area contributed by atoms with Crippen molar-refractivity contribution >= 4 is 51.5 Å². The van der Waals surface area contributed by atoms with Crippen molar-refractivity contribution in [3.05, 3.63) is 112 Å². The van der Waals surface area contributed by atoms with Crippen LogP contribution in [0.15, 0.2) is 84.9 Å². The Morgan fingerprint density at radius 2 is 1.59 bits per heavy atom. The molecule has 1 spiro atoms. The van der Waals surface area contributed by atoms with Crippen LogP contribution in [0.2, 0.25) is 10.0 Å². The lowest BCUT2D eigenvalue weighted by atomic mass is 9.59. The van der Waals surface area contributed by atoms with Crippen molar-refractivity contribution in [1.29, 1.82) is 0 Å². The lowest BCUT2D eigenvalue weighted by molar-refractivity contribution is -0.131. The first kappa shape index (κ1) is 21.2. The lowest BCUT2D eigenvalue weighted by Gasteiger charge is -2.46. The molecule has 4 aromatic rings. The normalized spacial score (nSPS) is 23.6. The van der Waals surface area contributed by atoms with E-state index in [-0.39, 0.29) is 18.2 Å². The Morgan fingerprint density at radius 3 is 2.44 bits per heavy atom. The summed E-state index contributed by atoms with van der Waals surface area (Å²) >= 11 is 12.7. The summed E-state index contributed by atoms with van der Waals surface area (Å²) in [5.74, 6) is -0.692. The third kappa shape index (κ3) is 3.06. The summed E-state index contributed by atoms with van der Waals surface area (Å²) in [7, 11) is 0. The Labute approximate surface area is 206 Å². The monoisotopic (exact) mass is 486 g/mol. The van der Waals surface area contributed by atoms with E-state index in [0.29, 0.717) is 15.7 Å². The zero-order chi connectivity index (χ0) is 23.4. The lowest BCUT2D eigenvalue weighted by Crippen LogP contribution is -2.56. The van der Waals surface area contributed by atoms with Gasteiger partial charge in [-0.25, -0.2) is 0 Å². The third-order valence-corrected chi connectivity index (χ3v) is 7.61. The fourth-order valence-electron chi connectivity index (χ4n) is 5.77. The van der Waals surface area contributed by atoms with Crippen LogP contribution in [0, 0.1) is 0 Å². The number of fused-ring (bicyclic) bond motifs is 3. The number of halogens is 2. The average Bonchev–Trinajstić information content (AvgIpc) is 3.11. The molecule has 4 nitrogen and oxygen atoms in total. The molecule has 1 saturated heterocycles. The van der Waals surface area contributed by atoms with Gasteiger partial charge in [0.1, 0.15) is 5.41 Å². The molecule has 2 N–H and O–H groups in total. The molecule has 0 bridgehead atoms.